The van der Waals surface area contributed by atoms with Crippen LogP contribution in [0.1, 0.15) is 60.5 Å². The molecule has 0 atom stereocenters. The quantitative estimate of drug-likeness (QED) is 0.686. The van der Waals surface area contributed by atoms with Crippen LogP contribution in [-0.4, -0.2) is 5.78 Å². The predicted molar refractivity (Wildman–Crippen MR) is 71.4 cm³/mol. The zero-order valence-electron chi connectivity index (χ0n) is 11.2. The molecule has 1 aliphatic rings. The second-order valence-electron chi connectivity index (χ2n) is 5.83. The maximum absolute atomic E-state index is 12.6. The normalized spacial score (nSPS) is 19.0. The van der Waals surface area contributed by atoms with Gasteiger partial charge in [-0.2, -0.15) is 0 Å². The summed E-state index contributed by atoms with van der Waals surface area (Å²) < 4.78 is 0. The third kappa shape index (κ3) is 2.59. The van der Waals surface area contributed by atoms with E-state index in [1.165, 1.54) is 30.4 Å². The standard InChI is InChI=1S/C16H22O/c1-12-9-13(2)11-14(10-12)15(17)16(3)7-5-4-6-8-16/h9-11H,4-8H2,1-3H3. The fraction of sp³-hybridized carbons (Fsp3) is 0.562. The maximum Gasteiger partial charge on any atom is 0.168 e. The van der Waals surface area contributed by atoms with Crippen molar-refractivity contribution in [3.8, 4) is 0 Å². The number of hydrogen-bond donors (Lipinski definition) is 0. The van der Waals surface area contributed by atoms with E-state index in [2.05, 4.69) is 26.8 Å². The zero-order valence-corrected chi connectivity index (χ0v) is 11.2. The first-order chi connectivity index (χ1) is 8.01. The van der Waals surface area contributed by atoms with Gasteiger partial charge in [-0.05, 0) is 38.8 Å². The van der Waals surface area contributed by atoms with Crippen LogP contribution in [0.15, 0.2) is 18.2 Å². The number of hydrogen-bond acceptors (Lipinski definition) is 1. The molecular weight excluding hydrogens is 208 g/mol. The Morgan fingerprint density at radius 1 is 1.00 bits per heavy atom. The molecule has 0 spiro atoms. The van der Waals surface area contributed by atoms with Gasteiger partial charge in [0.1, 0.15) is 0 Å². The average molecular weight is 230 g/mol. The van der Waals surface area contributed by atoms with Crippen LogP contribution in [0, 0.1) is 19.3 Å². The molecule has 0 radical (unpaired) electrons. The summed E-state index contributed by atoms with van der Waals surface area (Å²) in [5, 5.41) is 0. The topological polar surface area (TPSA) is 17.1 Å². The van der Waals surface area contributed by atoms with Crippen molar-refractivity contribution in [2.45, 2.75) is 52.9 Å². The van der Waals surface area contributed by atoms with Gasteiger partial charge in [0.25, 0.3) is 0 Å². The molecule has 0 aromatic heterocycles. The van der Waals surface area contributed by atoms with Crippen LogP contribution >= 0.6 is 0 Å². The summed E-state index contributed by atoms with van der Waals surface area (Å²) in [7, 11) is 0. The molecule has 0 N–H and O–H groups in total. The summed E-state index contributed by atoms with van der Waals surface area (Å²) in [6, 6.07) is 6.20. The third-order valence-corrected chi connectivity index (χ3v) is 3.99. The molecule has 1 aliphatic carbocycles. The van der Waals surface area contributed by atoms with E-state index in [1.54, 1.807) is 0 Å². The summed E-state index contributed by atoms with van der Waals surface area (Å²) >= 11 is 0. The van der Waals surface area contributed by atoms with Crippen molar-refractivity contribution in [2.75, 3.05) is 0 Å². The van der Waals surface area contributed by atoms with E-state index in [9.17, 15) is 4.79 Å². The Morgan fingerprint density at radius 3 is 2.06 bits per heavy atom. The summed E-state index contributed by atoms with van der Waals surface area (Å²) in [5.41, 5.74) is 3.17. The summed E-state index contributed by atoms with van der Waals surface area (Å²) in [4.78, 5) is 12.6. The van der Waals surface area contributed by atoms with Crippen LogP contribution in [-0.2, 0) is 0 Å². The Kier molecular flexibility index (Phi) is 3.37. The van der Waals surface area contributed by atoms with E-state index in [0.717, 1.165) is 18.4 Å². The van der Waals surface area contributed by atoms with Gasteiger partial charge in [-0.25, -0.2) is 0 Å². The van der Waals surface area contributed by atoms with Gasteiger partial charge in [0.2, 0.25) is 0 Å². The van der Waals surface area contributed by atoms with Gasteiger partial charge >= 0.3 is 0 Å². The number of carbonyl (C=O) groups excluding carboxylic acids is 1. The minimum Gasteiger partial charge on any atom is -0.294 e. The van der Waals surface area contributed by atoms with Crippen LogP contribution in [0.3, 0.4) is 0 Å². The molecule has 0 aliphatic heterocycles. The fourth-order valence-electron chi connectivity index (χ4n) is 3.01. The number of benzene rings is 1. The van der Waals surface area contributed by atoms with Crippen molar-refractivity contribution >= 4 is 5.78 Å². The van der Waals surface area contributed by atoms with Gasteiger partial charge in [-0.15, -0.1) is 0 Å². The van der Waals surface area contributed by atoms with Crippen LogP contribution in [0.5, 0.6) is 0 Å². The summed E-state index contributed by atoms with van der Waals surface area (Å²) in [5.74, 6) is 0.351. The highest BCUT2D eigenvalue weighted by atomic mass is 16.1. The van der Waals surface area contributed by atoms with E-state index in [1.807, 2.05) is 12.1 Å². The molecule has 0 heterocycles. The number of rotatable bonds is 2. The largest absolute Gasteiger partial charge is 0.294 e. The third-order valence-electron chi connectivity index (χ3n) is 3.99. The lowest BCUT2D eigenvalue weighted by atomic mass is 9.71. The van der Waals surface area contributed by atoms with Crippen molar-refractivity contribution in [3.05, 3.63) is 34.9 Å². The molecule has 1 fully saturated rings. The second kappa shape index (κ2) is 4.64. The molecule has 2 rings (SSSR count). The number of Topliss-reactive ketones (excluding diaryl/α,β-unsaturated/α-hetero) is 1. The summed E-state index contributed by atoms with van der Waals surface area (Å²) in [6.07, 6.45) is 5.80. The molecule has 1 saturated carbocycles. The highest BCUT2D eigenvalue weighted by molar-refractivity contribution is 6.00. The Hall–Kier alpha value is -1.11. The highest BCUT2D eigenvalue weighted by Crippen LogP contribution is 2.38. The Balaban J connectivity index is 2.29. The molecule has 0 unspecified atom stereocenters. The highest BCUT2D eigenvalue weighted by Gasteiger charge is 2.34. The van der Waals surface area contributed by atoms with Crippen LogP contribution in [0.25, 0.3) is 0 Å². The van der Waals surface area contributed by atoms with E-state index in [-0.39, 0.29) is 5.41 Å². The molecule has 1 nitrogen and oxygen atoms in total. The Bertz CT molecular complexity index is 405. The maximum atomic E-state index is 12.6. The van der Waals surface area contributed by atoms with E-state index >= 15 is 0 Å². The molecule has 0 amide bonds. The Morgan fingerprint density at radius 2 is 1.53 bits per heavy atom. The molecule has 92 valence electrons. The minimum atomic E-state index is -0.113. The molecular formula is C16H22O. The molecule has 1 aromatic carbocycles. The van der Waals surface area contributed by atoms with E-state index in [4.69, 9.17) is 0 Å². The number of ketones is 1. The second-order valence-corrected chi connectivity index (χ2v) is 5.83. The average Bonchev–Trinajstić information content (AvgIpc) is 2.27. The predicted octanol–water partition coefficient (Wildman–Crippen LogP) is 4.46. The first-order valence-electron chi connectivity index (χ1n) is 6.64. The van der Waals surface area contributed by atoms with Crippen molar-refractivity contribution in [1.82, 2.24) is 0 Å². The van der Waals surface area contributed by atoms with Crippen molar-refractivity contribution in [2.24, 2.45) is 5.41 Å². The van der Waals surface area contributed by atoms with Crippen molar-refractivity contribution < 1.29 is 4.79 Å². The molecule has 0 bridgehead atoms. The van der Waals surface area contributed by atoms with Gasteiger partial charge in [0, 0.05) is 11.0 Å². The van der Waals surface area contributed by atoms with Gasteiger partial charge in [0.15, 0.2) is 5.78 Å². The van der Waals surface area contributed by atoms with Gasteiger partial charge in [-0.1, -0.05) is 43.4 Å². The number of aryl methyl sites for hydroxylation is 2. The van der Waals surface area contributed by atoms with Crippen LogP contribution < -0.4 is 0 Å². The first kappa shape index (κ1) is 12.3. The molecule has 1 aromatic rings. The summed E-state index contributed by atoms with van der Waals surface area (Å²) in [6.45, 7) is 6.27. The van der Waals surface area contributed by atoms with Gasteiger partial charge in [-0.3, -0.25) is 4.79 Å². The van der Waals surface area contributed by atoms with Crippen LogP contribution in [0.2, 0.25) is 0 Å². The lowest BCUT2D eigenvalue weighted by molar-refractivity contribution is 0.0749. The van der Waals surface area contributed by atoms with Gasteiger partial charge in [0.05, 0.1) is 0 Å². The molecule has 0 saturated heterocycles. The zero-order chi connectivity index (χ0) is 12.5. The van der Waals surface area contributed by atoms with Crippen molar-refractivity contribution in [3.63, 3.8) is 0 Å². The minimum absolute atomic E-state index is 0.113. The van der Waals surface area contributed by atoms with E-state index < -0.39 is 0 Å². The Labute approximate surface area is 104 Å². The lowest BCUT2D eigenvalue weighted by Crippen LogP contribution is -2.30. The lowest BCUT2D eigenvalue weighted by Gasteiger charge is -2.32. The van der Waals surface area contributed by atoms with Gasteiger partial charge < -0.3 is 0 Å². The molecule has 17 heavy (non-hydrogen) atoms. The smallest absolute Gasteiger partial charge is 0.168 e. The van der Waals surface area contributed by atoms with Crippen LogP contribution in [0.4, 0.5) is 0 Å². The fourth-order valence-corrected chi connectivity index (χ4v) is 3.01. The molecule has 1 heteroatoms. The number of carbonyl (C=O) groups is 1. The first-order valence-corrected chi connectivity index (χ1v) is 6.64. The SMILES string of the molecule is Cc1cc(C)cc(C(=O)C2(C)CCCCC2)c1. The monoisotopic (exact) mass is 230 g/mol. The van der Waals surface area contributed by atoms with Crippen molar-refractivity contribution in [1.29, 1.82) is 0 Å². The van der Waals surface area contributed by atoms with E-state index in [0.29, 0.717) is 5.78 Å².